The van der Waals surface area contributed by atoms with Gasteiger partial charge in [-0.05, 0) is 11.1 Å². The SMILES string of the molecule is [SiH3]OC(CBr)(c1ccccc1)c1ccccc1. The maximum Gasteiger partial charge on any atom is 0.147 e. The van der Waals surface area contributed by atoms with Crippen molar-refractivity contribution in [2.75, 3.05) is 5.33 Å². The zero-order valence-corrected chi connectivity index (χ0v) is 13.4. The molecule has 0 unspecified atom stereocenters. The van der Waals surface area contributed by atoms with Crippen molar-refractivity contribution in [3.05, 3.63) is 71.8 Å². The molecule has 0 fully saturated rings. The summed E-state index contributed by atoms with van der Waals surface area (Å²) < 4.78 is 5.95. The fourth-order valence-corrected chi connectivity index (χ4v) is 3.94. The highest BCUT2D eigenvalue weighted by Gasteiger charge is 2.32. The van der Waals surface area contributed by atoms with E-state index in [9.17, 15) is 0 Å². The number of hydrogen-bond acceptors (Lipinski definition) is 1. The first-order chi connectivity index (χ1) is 8.33. The Balaban J connectivity index is 2.54. The van der Waals surface area contributed by atoms with Gasteiger partial charge in [0.15, 0.2) is 0 Å². The molecular formula is C14H15BrOSi. The van der Waals surface area contributed by atoms with E-state index in [-0.39, 0.29) is 5.60 Å². The molecule has 0 heterocycles. The number of hydrogen-bond donors (Lipinski definition) is 0. The molecule has 0 aliphatic carbocycles. The van der Waals surface area contributed by atoms with E-state index in [0.29, 0.717) is 10.5 Å². The van der Waals surface area contributed by atoms with E-state index in [0.717, 1.165) is 5.33 Å². The molecule has 0 aliphatic rings. The van der Waals surface area contributed by atoms with E-state index >= 15 is 0 Å². The lowest BCUT2D eigenvalue weighted by Crippen LogP contribution is -2.32. The Morgan fingerprint density at radius 3 is 1.59 bits per heavy atom. The zero-order chi connectivity index (χ0) is 12.1. The molecule has 88 valence electrons. The molecule has 2 aromatic carbocycles. The van der Waals surface area contributed by atoms with Gasteiger partial charge in [-0.15, -0.1) is 0 Å². The zero-order valence-electron chi connectivity index (χ0n) is 9.77. The van der Waals surface area contributed by atoms with Gasteiger partial charge in [0.2, 0.25) is 0 Å². The Kier molecular flexibility index (Phi) is 4.15. The van der Waals surface area contributed by atoms with Crippen LogP contribution in [0.25, 0.3) is 0 Å². The molecule has 0 amide bonds. The van der Waals surface area contributed by atoms with Crippen LogP contribution >= 0.6 is 15.9 Å². The predicted octanol–water partition coefficient (Wildman–Crippen LogP) is 2.62. The second-order valence-corrected chi connectivity index (χ2v) is 4.87. The average molecular weight is 307 g/mol. The van der Waals surface area contributed by atoms with Gasteiger partial charge in [-0.3, -0.25) is 0 Å². The number of rotatable bonds is 4. The van der Waals surface area contributed by atoms with Crippen molar-refractivity contribution in [2.45, 2.75) is 5.60 Å². The van der Waals surface area contributed by atoms with Gasteiger partial charge in [0, 0.05) is 5.33 Å². The second-order valence-electron chi connectivity index (χ2n) is 3.90. The van der Waals surface area contributed by atoms with Crippen molar-refractivity contribution in [2.24, 2.45) is 0 Å². The van der Waals surface area contributed by atoms with Crippen LogP contribution in [0.15, 0.2) is 60.7 Å². The van der Waals surface area contributed by atoms with E-state index < -0.39 is 0 Å². The van der Waals surface area contributed by atoms with Crippen LogP contribution in [0.1, 0.15) is 11.1 Å². The van der Waals surface area contributed by atoms with E-state index in [1.165, 1.54) is 11.1 Å². The molecule has 0 atom stereocenters. The summed E-state index contributed by atoms with van der Waals surface area (Å²) in [6.45, 7) is 0. The second kappa shape index (κ2) is 5.62. The highest BCUT2D eigenvalue weighted by atomic mass is 79.9. The first-order valence-corrected chi connectivity index (χ1v) is 7.49. The van der Waals surface area contributed by atoms with Gasteiger partial charge in [-0.25, -0.2) is 0 Å². The van der Waals surface area contributed by atoms with Crippen LogP contribution < -0.4 is 0 Å². The normalized spacial score (nSPS) is 11.6. The molecule has 0 aromatic heterocycles. The minimum absolute atomic E-state index is 0.352. The summed E-state index contributed by atoms with van der Waals surface area (Å²) in [5.74, 6) is 0. The van der Waals surface area contributed by atoms with Crippen LogP contribution in [-0.4, -0.2) is 15.8 Å². The van der Waals surface area contributed by atoms with Crippen molar-refractivity contribution >= 4 is 26.4 Å². The van der Waals surface area contributed by atoms with Crippen molar-refractivity contribution < 1.29 is 4.43 Å². The summed E-state index contributed by atoms with van der Waals surface area (Å²) in [6.07, 6.45) is 0. The molecule has 3 heteroatoms. The molecule has 1 nitrogen and oxygen atoms in total. The number of alkyl halides is 1. The molecule has 2 aromatic rings. The molecule has 0 bridgehead atoms. The fraction of sp³-hybridized carbons (Fsp3) is 0.143. The predicted molar refractivity (Wildman–Crippen MR) is 78.5 cm³/mol. The molecule has 0 N–H and O–H groups in total. The molecule has 0 saturated heterocycles. The Bertz CT molecular complexity index is 413. The van der Waals surface area contributed by atoms with Crippen LogP contribution in [0.4, 0.5) is 0 Å². The van der Waals surface area contributed by atoms with E-state index in [1.54, 1.807) is 0 Å². The van der Waals surface area contributed by atoms with Crippen LogP contribution in [0.3, 0.4) is 0 Å². The lowest BCUT2D eigenvalue weighted by atomic mass is 9.88. The standard InChI is InChI=1S/C14H15BrOSi/c15-11-14(16-17,12-7-3-1-4-8-12)13-9-5-2-6-10-13/h1-10H,11H2,17H3. The average Bonchev–Trinajstić information content (AvgIpc) is 2.43. The first-order valence-electron chi connectivity index (χ1n) is 5.55. The third kappa shape index (κ3) is 2.36. The largest absolute Gasteiger partial charge is 0.414 e. The maximum absolute atomic E-state index is 5.95. The first kappa shape index (κ1) is 12.6. The smallest absolute Gasteiger partial charge is 0.147 e. The molecule has 2 rings (SSSR count). The molecule has 17 heavy (non-hydrogen) atoms. The Hall–Kier alpha value is -0.903. The molecule has 0 radical (unpaired) electrons. The van der Waals surface area contributed by atoms with Crippen molar-refractivity contribution in [3.8, 4) is 0 Å². The summed E-state index contributed by atoms with van der Waals surface area (Å²) in [5.41, 5.74) is 2.03. The fourth-order valence-electron chi connectivity index (χ4n) is 2.03. The Morgan fingerprint density at radius 2 is 1.29 bits per heavy atom. The molecule has 0 saturated carbocycles. The summed E-state index contributed by atoms with van der Waals surface area (Å²) in [5, 5.41) is 0.761. The summed E-state index contributed by atoms with van der Waals surface area (Å²) in [4.78, 5) is 0. The lowest BCUT2D eigenvalue weighted by molar-refractivity contribution is 0.156. The lowest BCUT2D eigenvalue weighted by Gasteiger charge is -2.32. The van der Waals surface area contributed by atoms with Gasteiger partial charge in [0.1, 0.15) is 16.1 Å². The third-order valence-corrected chi connectivity index (χ3v) is 4.50. The minimum Gasteiger partial charge on any atom is -0.414 e. The topological polar surface area (TPSA) is 9.23 Å². The van der Waals surface area contributed by atoms with Gasteiger partial charge in [0.25, 0.3) is 0 Å². The van der Waals surface area contributed by atoms with Crippen LogP contribution in [0.2, 0.25) is 0 Å². The summed E-state index contributed by atoms with van der Waals surface area (Å²) in [6, 6.07) is 20.7. The van der Waals surface area contributed by atoms with E-state index in [1.807, 2.05) is 12.1 Å². The van der Waals surface area contributed by atoms with Crippen LogP contribution in [-0.2, 0) is 10.0 Å². The van der Waals surface area contributed by atoms with Gasteiger partial charge >= 0.3 is 0 Å². The van der Waals surface area contributed by atoms with E-state index in [4.69, 9.17) is 4.43 Å². The van der Waals surface area contributed by atoms with Crippen molar-refractivity contribution in [3.63, 3.8) is 0 Å². The molecule has 0 spiro atoms. The quantitative estimate of drug-likeness (QED) is 0.623. The molecule has 0 aliphatic heterocycles. The van der Waals surface area contributed by atoms with Crippen molar-refractivity contribution in [1.29, 1.82) is 0 Å². The van der Waals surface area contributed by atoms with Crippen LogP contribution in [0, 0.1) is 0 Å². The number of benzene rings is 2. The minimum atomic E-state index is -0.352. The van der Waals surface area contributed by atoms with E-state index in [2.05, 4.69) is 64.5 Å². The monoisotopic (exact) mass is 306 g/mol. The van der Waals surface area contributed by atoms with Crippen molar-refractivity contribution in [1.82, 2.24) is 0 Å². The van der Waals surface area contributed by atoms with Gasteiger partial charge in [-0.1, -0.05) is 76.6 Å². The maximum atomic E-state index is 5.95. The Morgan fingerprint density at radius 1 is 0.882 bits per heavy atom. The summed E-state index contributed by atoms with van der Waals surface area (Å²) >= 11 is 3.60. The third-order valence-electron chi connectivity index (χ3n) is 3.02. The summed E-state index contributed by atoms with van der Waals surface area (Å²) in [7, 11) is 0.695. The van der Waals surface area contributed by atoms with Gasteiger partial charge in [-0.2, -0.15) is 0 Å². The highest BCUT2D eigenvalue weighted by molar-refractivity contribution is 9.09. The van der Waals surface area contributed by atoms with Gasteiger partial charge < -0.3 is 4.43 Å². The number of halogens is 1. The highest BCUT2D eigenvalue weighted by Crippen LogP contribution is 2.34. The van der Waals surface area contributed by atoms with Crippen LogP contribution in [0.5, 0.6) is 0 Å². The van der Waals surface area contributed by atoms with Gasteiger partial charge in [0.05, 0.1) is 0 Å². The molecular weight excluding hydrogens is 292 g/mol. The Labute approximate surface area is 113 Å².